The molecule has 0 saturated carbocycles. The van der Waals surface area contributed by atoms with Crippen molar-refractivity contribution in [2.45, 2.75) is 37.9 Å². The van der Waals surface area contributed by atoms with E-state index in [1.54, 1.807) is 12.5 Å². The van der Waals surface area contributed by atoms with Crippen molar-refractivity contribution in [3.8, 4) is 0 Å². The number of aliphatic hydroxyl groups is 1. The maximum atomic E-state index is 9.93. The first-order valence-electron chi connectivity index (χ1n) is 5.53. The summed E-state index contributed by atoms with van der Waals surface area (Å²) in [4.78, 5) is 3.99. The van der Waals surface area contributed by atoms with Gasteiger partial charge in [0.15, 0.2) is 0 Å². The van der Waals surface area contributed by atoms with Crippen LogP contribution in [0.2, 0.25) is 0 Å². The molecule has 84 valence electrons. The number of aryl methyl sites for hydroxylation is 1. The van der Waals surface area contributed by atoms with Crippen LogP contribution >= 0.6 is 0 Å². The normalized spacial score (nSPS) is 23.2. The Morgan fingerprint density at radius 3 is 3.20 bits per heavy atom. The zero-order chi connectivity index (χ0) is 10.7. The molecule has 2 heterocycles. The zero-order valence-electron chi connectivity index (χ0n) is 9.09. The molecule has 1 saturated heterocycles. The third-order valence-electron chi connectivity index (χ3n) is 2.98. The number of imidazole rings is 1. The summed E-state index contributed by atoms with van der Waals surface area (Å²) in [5, 5.41) is 9.93. The van der Waals surface area contributed by atoms with E-state index in [9.17, 15) is 5.11 Å². The summed E-state index contributed by atoms with van der Waals surface area (Å²) >= 11 is 0. The van der Waals surface area contributed by atoms with Crippen molar-refractivity contribution >= 4 is 0 Å². The minimum absolute atomic E-state index is 0.355. The largest absolute Gasteiger partial charge is 0.387 e. The Hall–Kier alpha value is -0.870. The lowest BCUT2D eigenvalue weighted by Gasteiger charge is -2.14. The number of hydrogen-bond acceptors (Lipinski definition) is 3. The van der Waals surface area contributed by atoms with Crippen molar-refractivity contribution < 1.29 is 9.84 Å². The Morgan fingerprint density at radius 1 is 1.73 bits per heavy atom. The van der Waals surface area contributed by atoms with Gasteiger partial charge < -0.3 is 14.4 Å². The summed E-state index contributed by atoms with van der Waals surface area (Å²) in [5.41, 5.74) is 0.882. The van der Waals surface area contributed by atoms with Gasteiger partial charge in [-0.25, -0.2) is 4.98 Å². The molecule has 0 aliphatic carbocycles. The summed E-state index contributed by atoms with van der Waals surface area (Å²) in [7, 11) is 1.90. The maximum absolute atomic E-state index is 9.93. The van der Waals surface area contributed by atoms with E-state index in [0.717, 1.165) is 38.0 Å². The monoisotopic (exact) mass is 210 g/mol. The Balaban J connectivity index is 1.81. The first-order chi connectivity index (χ1) is 7.27. The Kier molecular flexibility index (Phi) is 3.38. The van der Waals surface area contributed by atoms with Gasteiger partial charge in [0.1, 0.15) is 0 Å². The molecule has 4 heteroatoms. The first-order valence-corrected chi connectivity index (χ1v) is 5.53. The van der Waals surface area contributed by atoms with Gasteiger partial charge in [-0.05, 0) is 25.7 Å². The van der Waals surface area contributed by atoms with Crippen LogP contribution in [0.3, 0.4) is 0 Å². The SMILES string of the molecule is Cn1cncc1C(O)CCC1CCCO1. The van der Waals surface area contributed by atoms with Gasteiger partial charge in [-0.1, -0.05) is 0 Å². The van der Waals surface area contributed by atoms with Crippen LogP contribution in [0, 0.1) is 0 Å². The smallest absolute Gasteiger partial charge is 0.0956 e. The van der Waals surface area contributed by atoms with Gasteiger partial charge in [0.05, 0.1) is 30.4 Å². The molecule has 1 fully saturated rings. The van der Waals surface area contributed by atoms with Crippen LogP contribution in [-0.4, -0.2) is 27.4 Å². The van der Waals surface area contributed by atoms with Crippen LogP contribution in [0.4, 0.5) is 0 Å². The van der Waals surface area contributed by atoms with Crippen molar-refractivity contribution in [1.82, 2.24) is 9.55 Å². The van der Waals surface area contributed by atoms with Gasteiger partial charge in [0.2, 0.25) is 0 Å². The summed E-state index contributed by atoms with van der Waals surface area (Å²) in [6.07, 6.45) is 7.36. The molecule has 0 bridgehead atoms. The van der Waals surface area contributed by atoms with Crippen molar-refractivity contribution in [3.05, 3.63) is 18.2 Å². The summed E-state index contributed by atoms with van der Waals surface area (Å²) in [5.74, 6) is 0. The predicted molar refractivity (Wildman–Crippen MR) is 56.4 cm³/mol. The highest BCUT2D eigenvalue weighted by atomic mass is 16.5. The topological polar surface area (TPSA) is 47.3 Å². The molecule has 0 radical (unpaired) electrons. The molecule has 2 unspecified atom stereocenters. The lowest BCUT2D eigenvalue weighted by Crippen LogP contribution is -2.09. The fourth-order valence-corrected chi connectivity index (χ4v) is 2.05. The lowest BCUT2D eigenvalue weighted by atomic mass is 10.1. The van der Waals surface area contributed by atoms with Crippen molar-refractivity contribution in [2.75, 3.05) is 6.61 Å². The van der Waals surface area contributed by atoms with Crippen molar-refractivity contribution in [2.24, 2.45) is 7.05 Å². The molecule has 0 amide bonds. The van der Waals surface area contributed by atoms with E-state index in [4.69, 9.17) is 4.74 Å². The van der Waals surface area contributed by atoms with Crippen LogP contribution < -0.4 is 0 Å². The van der Waals surface area contributed by atoms with Gasteiger partial charge in [-0.15, -0.1) is 0 Å². The summed E-state index contributed by atoms with van der Waals surface area (Å²) in [6, 6.07) is 0. The Bertz CT molecular complexity index is 305. The fraction of sp³-hybridized carbons (Fsp3) is 0.727. The van der Waals surface area contributed by atoms with Crippen LogP contribution in [0.15, 0.2) is 12.5 Å². The van der Waals surface area contributed by atoms with Gasteiger partial charge >= 0.3 is 0 Å². The van der Waals surface area contributed by atoms with Crippen LogP contribution in [0.1, 0.15) is 37.5 Å². The number of aromatic nitrogens is 2. The zero-order valence-corrected chi connectivity index (χ0v) is 9.09. The number of hydrogen-bond donors (Lipinski definition) is 1. The third kappa shape index (κ3) is 2.58. The maximum Gasteiger partial charge on any atom is 0.0956 e. The first kappa shape index (κ1) is 10.6. The Morgan fingerprint density at radius 2 is 2.60 bits per heavy atom. The number of aliphatic hydroxyl groups excluding tert-OH is 1. The predicted octanol–water partition coefficient (Wildman–Crippen LogP) is 1.41. The quantitative estimate of drug-likeness (QED) is 0.817. The molecule has 0 spiro atoms. The second-order valence-electron chi connectivity index (χ2n) is 4.16. The number of nitrogens with zero attached hydrogens (tertiary/aromatic N) is 2. The molecule has 0 aromatic carbocycles. The molecular formula is C11H18N2O2. The molecule has 1 aromatic rings. The lowest BCUT2D eigenvalue weighted by molar-refractivity contribution is 0.0794. The number of rotatable bonds is 4. The average molecular weight is 210 g/mol. The third-order valence-corrected chi connectivity index (χ3v) is 2.98. The van der Waals surface area contributed by atoms with Crippen molar-refractivity contribution in [1.29, 1.82) is 0 Å². The highest BCUT2D eigenvalue weighted by Gasteiger charge is 2.18. The molecule has 1 aliphatic rings. The molecule has 1 aromatic heterocycles. The van der Waals surface area contributed by atoms with E-state index in [1.165, 1.54) is 0 Å². The van der Waals surface area contributed by atoms with E-state index >= 15 is 0 Å². The highest BCUT2D eigenvalue weighted by Crippen LogP contribution is 2.23. The molecule has 15 heavy (non-hydrogen) atoms. The minimum Gasteiger partial charge on any atom is -0.387 e. The van der Waals surface area contributed by atoms with E-state index in [-0.39, 0.29) is 0 Å². The molecule has 1 aliphatic heterocycles. The van der Waals surface area contributed by atoms with E-state index in [1.807, 2.05) is 11.6 Å². The minimum atomic E-state index is -0.415. The van der Waals surface area contributed by atoms with Gasteiger partial charge in [-0.2, -0.15) is 0 Å². The average Bonchev–Trinajstić information content (AvgIpc) is 2.84. The second-order valence-corrected chi connectivity index (χ2v) is 4.16. The van der Waals surface area contributed by atoms with E-state index in [2.05, 4.69) is 4.98 Å². The molecule has 1 N–H and O–H groups in total. The van der Waals surface area contributed by atoms with Crippen LogP contribution in [0.25, 0.3) is 0 Å². The number of ether oxygens (including phenoxy) is 1. The molecular weight excluding hydrogens is 192 g/mol. The molecule has 4 nitrogen and oxygen atoms in total. The molecule has 2 rings (SSSR count). The van der Waals surface area contributed by atoms with Gasteiger partial charge in [0.25, 0.3) is 0 Å². The van der Waals surface area contributed by atoms with E-state index < -0.39 is 6.10 Å². The fourth-order valence-electron chi connectivity index (χ4n) is 2.05. The van der Waals surface area contributed by atoms with Gasteiger partial charge in [0, 0.05) is 13.7 Å². The highest BCUT2D eigenvalue weighted by molar-refractivity contribution is 5.01. The molecule has 2 atom stereocenters. The Labute approximate surface area is 89.9 Å². The summed E-state index contributed by atoms with van der Waals surface area (Å²) in [6.45, 7) is 0.881. The van der Waals surface area contributed by atoms with Crippen LogP contribution in [0.5, 0.6) is 0 Å². The van der Waals surface area contributed by atoms with Gasteiger partial charge in [-0.3, -0.25) is 0 Å². The second kappa shape index (κ2) is 4.77. The van der Waals surface area contributed by atoms with Crippen molar-refractivity contribution in [3.63, 3.8) is 0 Å². The standard InChI is InChI=1S/C11H18N2O2/c1-13-8-12-7-10(13)11(14)5-4-9-3-2-6-15-9/h7-9,11,14H,2-6H2,1H3. The van der Waals surface area contributed by atoms with Crippen LogP contribution in [-0.2, 0) is 11.8 Å². The summed E-state index contributed by atoms with van der Waals surface area (Å²) < 4.78 is 7.38. The van der Waals surface area contributed by atoms with E-state index in [0.29, 0.717) is 6.10 Å².